The molecule has 0 atom stereocenters. The van der Waals surface area contributed by atoms with Crippen LogP contribution < -0.4 is 15.4 Å². The number of rotatable bonds is 4. The first kappa shape index (κ1) is 22.8. The van der Waals surface area contributed by atoms with Crippen molar-refractivity contribution in [2.45, 2.75) is 50.2 Å². The van der Waals surface area contributed by atoms with E-state index in [0.717, 1.165) is 18.2 Å². The smallest absolute Gasteiger partial charge is 0.419 e. The van der Waals surface area contributed by atoms with Crippen LogP contribution in [0.4, 0.5) is 36.8 Å². The van der Waals surface area contributed by atoms with Crippen molar-refractivity contribution in [3.05, 3.63) is 59.7 Å². The van der Waals surface area contributed by atoms with E-state index in [-0.39, 0.29) is 17.5 Å². The number of carbonyl (C=O) groups excluding carboxylic acids is 1. The van der Waals surface area contributed by atoms with Gasteiger partial charge in [0, 0.05) is 11.7 Å². The van der Waals surface area contributed by atoms with E-state index in [1.807, 2.05) is 0 Å². The van der Waals surface area contributed by atoms with Crippen LogP contribution in [0.25, 0.3) is 0 Å². The third kappa shape index (κ3) is 6.28. The summed E-state index contributed by atoms with van der Waals surface area (Å²) in [5.74, 6) is -0.228. The van der Waals surface area contributed by atoms with Gasteiger partial charge in [-0.05, 0) is 56.0 Å². The van der Waals surface area contributed by atoms with Crippen molar-refractivity contribution in [1.82, 2.24) is 5.32 Å². The number of ether oxygens (including phenoxy) is 1. The lowest BCUT2D eigenvalue weighted by atomic mass is 9.93. The Morgan fingerprint density at radius 2 is 1.55 bits per heavy atom. The number of hydrogen-bond acceptors (Lipinski definition) is 2. The summed E-state index contributed by atoms with van der Waals surface area (Å²) in [4.78, 5) is 12.1. The fourth-order valence-electron chi connectivity index (χ4n) is 3.43. The van der Waals surface area contributed by atoms with Crippen LogP contribution in [0.15, 0.2) is 48.5 Å². The standard InChI is InChI=1S/C21H20F6N2O2/c22-20(23,24)13-4-3-5-15(12-13)29-19(30)28-14-8-10-16(11-9-14)31-18-7-2-1-6-17(18)21(25,26)27/h1-7,12,14,16H,8-11H2,(H2,28,29,30). The number of hydrogen-bond donors (Lipinski definition) is 2. The number of anilines is 1. The maximum absolute atomic E-state index is 13.1. The monoisotopic (exact) mass is 446 g/mol. The summed E-state index contributed by atoms with van der Waals surface area (Å²) in [6, 6.07) is 8.36. The number of alkyl halides is 6. The van der Waals surface area contributed by atoms with Crippen LogP contribution in [0.3, 0.4) is 0 Å². The molecule has 0 heterocycles. The molecule has 2 aromatic carbocycles. The fourth-order valence-corrected chi connectivity index (χ4v) is 3.43. The van der Waals surface area contributed by atoms with E-state index in [9.17, 15) is 31.1 Å². The molecule has 4 nitrogen and oxygen atoms in total. The van der Waals surface area contributed by atoms with Crippen molar-refractivity contribution >= 4 is 11.7 Å². The number of nitrogens with one attached hydrogen (secondary N) is 2. The summed E-state index contributed by atoms with van der Waals surface area (Å²) >= 11 is 0. The van der Waals surface area contributed by atoms with Crippen LogP contribution in [0.1, 0.15) is 36.8 Å². The van der Waals surface area contributed by atoms with Crippen molar-refractivity contribution in [1.29, 1.82) is 0 Å². The molecule has 0 saturated heterocycles. The molecule has 1 fully saturated rings. The number of para-hydroxylation sites is 1. The predicted octanol–water partition coefficient (Wildman–Crippen LogP) is 6.24. The van der Waals surface area contributed by atoms with E-state index in [1.54, 1.807) is 0 Å². The maximum atomic E-state index is 13.1. The minimum atomic E-state index is -4.52. The second kappa shape index (κ2) is 9.07. The lowest BCUT2D eigenvalue weighted by Crippen LogP contribution is -2.41. The highest BCUT2D eigenvalue weighted by Crippen LogP contribution is 2.37. The summed E-state index contributed by atoms with van der Waals surface area (Å²) in [5, 5.41) is 5.05. The minimum absolute atomic E-state index is 0.00750. The van der Waals surface area contributed by atoms with Gasteiger partial charge in [0.1, 0.15) is 5.75 Å². The summed E-state index contributed by atoms with van der Waals surface area (Å²) in [6.45, 7) is 0. The lowest BCUT2D eigenvalue weighted by molar-refractivity contribution is -0.139. The van der Waals surface area contributed by atoms with Crippen LogP contribution in [0.2, 0.25) is 0 Å². The molecular weight excluding hydrogens is 426 g/mol. The zero-order valence-electron chi connectivity index (χ0n) is 16.2. The zero-order chi connectivity index (χ0) is 22.6. The Balaban J connectivity index is 1.50. The van der Waals surface area contributed by atoms with Gasteiger partial charge >= 0.3 is 18.4 Å². The molecule has 0 spiro atoms. The Hall–Kier alpha value is -2.91. The van der Waals surface area contributed by atoms with Gasteiger partial charge in [-0.1, -0.05) is 18.2 Å². The van der Waals surface area contributed by atoms with Crippen LogP contribution in [-0.4, -0.2) is 18.2 Å². The van der Waals surface area contributed by atoms with Crippen LogP contribution in [0, 0.1) is 0 Å². The van der Waals surface area contributed by atoms with Gasteiger partial charge in [-0.15, -0.1) is 0 Å². The molecule has 2 aromatic rings. The number of halogens is 6. The second-order valence-electron chi connectivity index (χ2n) is 7.26. The summed E-state index contributed by atoms with van der Waals surface area (Å²) in [5.41, 5.74) is -1.70. The van der Waals surface area contributed by atoms with E-state index in [1.165, 1.54) is 30.3 Å². The highest BCUT2D eigenvalue weighted by atomic mass is 19.4. The molecule has 3 rings (SSSR count). The highest BCUT2D eigenvalue weighted by molar-refractivity contribution is 5.89. The van der Waals surface area contributed by atoms with Gasteiger partial charge < -0.3 is 15.4 Å². The van der Waals surface area contributed by atoms with Gasteiger partial charge in [-0.3, -0.25) is 0 Å². The molecule has 0 bridgehead atoms. The number of benzene rings is 2. The van der Waals surface area contributed by atoms with Crippen molar-refractivity contribution in [3.8, 4) is 5.75 Å². The number of carbonyl (C=O) groups is 1. The summed E-state index contributed by atoms with van der Waals surface area (Å²) in [7, 11) is 0. The van der Waals surface area contributed by atoms with Gasteiger partial charge in [0.15, 0.2) is 0 Å². The van der Waals surface area contributed by atoms with Crippen molar-refractivity contribution in [2.24, 2.45) is 0 Å². The van der Waals surface area contributed by atoms with E-state index < -0.39 is 35.6 Å². The molecule has 31 heavy (non-hydrogen) atoms. The molecule has 2 amide bonds. The predicted molar refractivity (Wildman–Crippen MR) is 102 cm³/mol. The first-order valence-corrected chi connectivity index (χ1v) is 9.60. The van der Waals surface area contributed by atoms with Crippen molar-refractivity contribution < 1.29 is 35.9 Å². The Labute approximate surface area is 174 Å². The molecular formula is C21H20F6N2O2. The Morgan fingerprint density at radius 3 is 2.19 bits per heavy atom. The van der Waals surface area contributed by atoms with Gasteiger partial charge in [-0.2, -0.15) is 26.3 Å². The normalized spacial score (nSPS) is 19.5. The quantitative estimate of drug-likeness (QED) is 0.547. The average molecular weight is 446 g/mol. The second-order valence-corrected chi connectivity index (χ2v) is 7.26. The van der Waals surface area contributed by atoms with Gasteiger partial charge in [-0.25, -0.2) is 4.79 Å². The molecule has 0 aromatic heterocycles. The molecule has 2 N–H and O–H groups in total. The van der Waals surface area contributed by atoms with Gasteiger partial charge in [0.05, 0.1) is 17.2 Å². The van der Waals surface area contributed by atoms with E-state index >= 15 is 0 Å². The highest BCUT2D eigenvalue weighted by Gasteiger charge is 2.35. The van der Waals surface area contributed by atoms with E-state index in [4.69, 9.17) is 4.74 Å². The van der Waals surface area contributed by atoms with Crippen LogP contribution in [0.5, 0.6) is 5.75 Å². The van der Waals surface area contributed by atoms with Gasteiger partial charge in [0.25, 0.3) is 0 Å². The van der Waals surface area contributed by atoms with E-state index in [2.05, 4.69) is 10.6 Å². The van der Waals surface area contributed by atoms with E-state index in [0.29, 0.717) is 25.7 Å². The third-order valence-corrected chi connectivity index (χ3v) is 4.94. The molecule has 0 aliphatic heterocycles. The Kier molecular flexibility index (Phi) is 6.66. The number of amides is 2. The Morgan fingerprint density at radius 1 is 0.871 bits per heavy atom. The average Bonchev–Trinajstić information content (AvgIpc) is 2.68. The molecule has 10 heteroatoms. The fraction of sp³-hybridized carbons (Fsp3) is 0.381. The summed E-state index contributed by atoms with van der Waals surface area (Å²) < 4.78 is 83.1. The molecule has 1 saturated carbocycles. The molecule has 168 valence electrons. The molecule has 1 aliphatic carbocycles. The van der Waals surface area contributed by atoms with Crippen LogP contribution >= 0.6 is 0 Å². The molecule has 0 radical (unpaired) electrons. The van der Waals surface area contributed by atoms with Crippen molar-refractivity contribution in [3.63, 3.8) is 0 Å². The summed E-state index contributed by atoms with van der Waals surface area (Å²) in [6.07, 6.45) is -7.66. The van der Waals surface area contributed by atoms with Crippen LogP contribution in [-0.2, 0) is 12.4 Å². The largest absolute Gasteiger partial charge is 0.490 e. The Bertz CT molecular complexity index is 905. The zero-order valence-corrected chi connectivity index (χ0v) is 16.2. The minimum Gasteiger partial charge on any atom is -0.490 e. The molecule has 0 unspecified atom stereocenters. The first-order valence-electron chi connectivity index (χ1n) is 9.60. The first-order chi connectivity index (χ1) is 14.5. The maximum Gasteiger partial charge on any atom is 0.419 e. The SMILES string of the molecule is O=C(Nc1cccc(C(F)(F)F)c1)NC1CCC(Oc2ccccc2C(F)(F)F)CC1. The van der Waals surface area contributed by atoms with Gasteiger partial charge in [0.2, 0.25) is 0 Å². The third-order valence-electron chi connectivity index (χ3n) is 4.94. The lowest BCUT2D eigenvalue weighted by Gasteiger charge is -2.30. The number of urea groups is 1. The van der Waals surface area contributed by atoms with Crippen molar-refractivity contribution in [2.75, 3.05) is 5.32 Å². The molecule has 1 aliphatic rings. The topological polar surface area (TPSA) is 50.4 Å².